The minimum Gasteiger partial charge on any atom is -0.508 e. The molecule has 0 spiro atoms. The number of amides is 2. The second-order valence-corrected chi connectivity index (χ2v) is 7.07. The van der Waals surface area contributed by atoms with E-state index in [-0.39, 0.29) is 33.8 Å². The first-order valence-electron chi connectivity index (χ1n) is 10.1. The van der Waals surface area contributed by atoms with Gasteiger partial charge in [0, 0.05) is 43.0 Å². The molecule has 162 valence electrons. The number of phenols is 1. The number of carbonyl (C=O) groups excluding carboxylic acids is 2. The van der Waals surface area contributed by atoms with E-state index in [0.717, 1.165) is 24.6 Å². The molecule has 0 unspecified atom stereocenters. The number of anilines is 2. The Morgan fingerprint density at radius 2 is 1.74 bits per heavy atom. The van der Waals surface area contributed by atoms with Gasteiger partial charge in [-0.3, -0.25) is 14.4 Å². The van der Waals surface area contributed by atoms with E-state index in [1.807, 2.05) is 6.92 Å². The number of benzene rings is 2. The van der Waals surface area contributed by atoms with Gasteiger partial charge in [-0.05, 0) is 42.8 Å². The standard InChI is InChI=1S/C23H25N3O5/c1-2-3-4-22(29)25-12-11-24-15-5-7-16(8-6-15)26-23(30)21-14-19(28)18-10-9-17(27)13-20(18)31-21/h5-10,13-14,24,27H,2-4,11-12H2,1H3,(H,25,29)(H,26,30). The Bertz CT molecular complexity index is 1120. The van der Waals surface area contributed by atoms with Crippen LogP contribution in [0, 0.1) is 0 Å². The highest BCUT2D eigenvalue weighted by atomic mass is 16.3. The first kappa shape index (κ1) is 21.9. The molecule has 4 N–H and O–H groups in total. The lowest BCUT2D eigenvalue weighted by molar-refractivity contribution is -0.121. The predicted octanol–water partition coefficient (Wildman–Crippen LogP) is 3.47. The lowest BCUT2D eigenvalue weighted by Crippen LogP contribution is -2.28. The normalized spacial score (nSPS) is 10.6. The molecule has 1 aromatic heterocycles. The van der Waals surface area contributed by atoms with Gasteiger partial charge >= 0.3 is 0 Å². The highest BCUT2D eigenvalue weighted by molar-refractivity contribution is 6.03. The van der Waals surface area contributed by atoms with Gasteiger partial charge in [-0.2, -0.15) is 0 Å². The summed E-state index contributed by atoms with van der Waals surface area (Å²) >= 11 is 0. The number of hydrogen-bond donors (Lipinski definition) is 4. The molecule has 31 heavy (non-hydrogen) atoms. The van der Waals surface area contributed by atoms with Crippen molar-refractivity contribution in [3.8, 4) is 5.75 Å². The lowest BCUT2D eigenvalue weighted by atomic mass is 10.2. The van der Waals surface area contributed by atoms with Crippen LogP contribution in [0.2, 0.25) is 0 Å². The minimum absolute atomic E-state index is 0.0530. The van der Waals surface area contributed by atoms with Crippen LogP contribution in [-0.2, 0) is 4.79 Å². The van der Waals surface area contributed by atoms with Crippen LogP contribution in [0.3, 0.4) is 0 Å². The van der Waals surface area contributed by atoms with Crippen molar-refractivity contribution in [3.05, 3.63) is 64.5 Å². The Morgan fingerprint density at radius 3 is 2.48 bits per heavy atom. The Kier molecular flexibility index (Phi) is 7.26. The van der Waals surface area contributed by atoms with E-state index in [1.165, 1.54) is 18.2 Å². The summed E-state index contributed by atoms with van der Waals surface area (Å²) in [6, 6.07) is 12.3. The number of unbranched alkanes of at least 4 members (excludes halogenated alkanes) is 1. The van der Waals surface area contributed by atoms with E-state index >= 15 is 0 Å². The van der Waals surface area contributed by atoms with Crippen molar-refractivity contribution >= 4 is 34.2 Å². The van der Waals surface area contributed by atoms with Crippen molar-refractivity contribution in [2.45, 2.75) is 26.2 Å². The highest BCUT2D eigenvalue weighted by Crippen LogP contribution is 2.19. The second kappa shape index (κ2) is 10.3. The van der Waals surface area contributed by atoms with Crippen LogP contribution in [0.1, 0.15) is 36.7 Å². The third kappa shape index (κ3) is 6.08. The maximum absolute atomic E-state index is 12.5. The summed E-state index contributed by atoms with van der Waals surface area (Å²) in [6.45, 7) is 3.15. The summed E-state index contributed by atoms with van der Waals surface area (Å²) in [5.41, 5.74) is 1.14. The number of phenolic OH excluding ortho intramolecular Hbond substituents is 1. The zero-order chi connectivity index (χ0) is 22.2. The van der Waals surface area contributed by atoms with Crippen molar-refractivity contribution in [3.63, 3.8) is 0 Å². The maximum Gasteiger partial charge on any atom is 0.291 e. The predicted molar refractivity (Wildman–Crippen MR) is 120 cm³/mol. The SMILES string of the molecule is CCCCC(=O)NCCNc1ccc(NC(=O)c2cc(=O)c3ccc(O)cc3o2)cc1. The number of carbonyl (C=O) groups is 2. The third-order valence-corrected chi connectivity index (χ3v) is 4.61. The van der Waals surface area contributed by atoms with Crippen LogP contribution in [0.5, 0.6) is 5.75 Å². The molecule has 2 amide bonds. The van der Waals surface area contributed by atoms with E-state index < -0.39 is 5.91 Å². The molecule has 2 aromatic carbocycles. The molecule has 0 radical (unpaired) electrons. The van der Waals surface area contributed by atoms with Crippen LogP contribution < -0.4 is 21.4 Å². The molecule has 3 aromatic rings. The van der Waals surface area contributed by atoms with E-state index in [4.69, 9.17) is 4.42 Å². The smallest absolute Gasteiger partial charge is 0.291 e. The van der Waals surface area contributed by atoms with E-state index in [1.54, 1.807) is 24.3 Å². The van der Waals surface area contributed by atoms with Gasteiger partial charge in [0.2, 0.25) is 5.91 Å². The van der Waals surface area contributed by atoms with Crippen LogP contribution in [0.4, 0.5) is 11.4 Å². The van der Waals surface area contributed by atoms with Crippen LogP contribution >= 0.6 is 0 Å². The molecule has 8 nitrogen and oxygen atoms in total. The quantitative estimate of drug-likeness (QED) is 0.391. The van der Waals surface area contributed by atoms with Gasteiger partial charge in [0.1, 0.15) is 11.3 Å². The van der Waals surface area contributed by atoms with Gasteiger partial charge in [-0.25, -0.2) is 0 Å². The summed E-state index contributed by atoms with van der Waals surface area (Å²) in [4.78, 5) is 36.2. The Labute approximate surface area is 179 Å². The van der Waals surface area contributed by atoms with Crippen LogP contribution in [0.15, 0.2) is 57.7 Å². The first-order chi connectivity index (χ1) is 15.0. The summed E-state index contributed by atoms with van der Waals surface area (Å²) in [6.07, 6.45) is 2.42. The number of hydrogen-bond acceptors (Lipinski definition) is 6. The molecule has 3 rings (SSSR count). The average Bonchev–Trinajstić information content (AvgIpc) is 2.76. The lowest BCUT2D eigenvalue weighted by Gasteiger charge is -2.09. The minimum atomic E-state index is -0.571. The molecule has 8 heteroatoms. The summed E-state index contributed by atoms with van der Waals surface area (Å²) < 4.78 is 5.47. The van der Waals surface area contributed by atoms with Gasteiger partial charge in [0.15, 0.2) is 11.2 Å². The Hall–Kier alpha value is -3.81. The molecule has 0 saturated heterocycles. The first-order valence-corrected chi connectivity index (χ1v) is 10.1. The molecule has 1 heterocycles. The molecule has 0 bridgehead atoms. The fourth-order valence-corrected chi connectivity index (χ4v) is 2.95. The van der Waals surface area contributed by atoms with Gasteiger partial charge in [0.05, 0.1) is 5.39 Å². The highest BCUT2D eigenvalue weighted by Gasteiger charge is 2.13. The Balaban J connectivity index is 1.55. The average molecular weight is 423 g/mol. The molecular formula is C23H25N3O5. The molecule has 0 aliphatic rings. The number of fused-ring (bicyclic) bond motifs is 1. The number of nitrogens with one attached hydrogen (secondary N) is 3. The van der Waals surface area contributed by atoms with Crippen molar-refractivity contribution in [2.75, 3.05) is 23.7 Å². The van der Waals surface area contributed by atoms with Gasteiger partial charge in [-0.15, -0.1) is 0 Å². The third-order valence-electron chi connectivity index (χ3n) is 4.61. The summed E-state index contributed by atoms with van der Waals surface area (Å²) in [7, 11) is 0. The van der Waals surface area contributed by atoms with Crippen molar-refractivity contribution in [1.82, 2.24) is 5.32 Å². The van der Waals surface area contributed by atoms with Gasteiger partial charge in [0.25, 0.3) is 5.91 Å². The van der Waals surface area contributed by atoms with E-state index in [2.05, 4.69) is 16.0 Å². The zero-order valence-electron chi connectivity index (χ0n) is 17.2. The monoisotopic (exact) mass is 423 g/mol. The molecule has 0 atom stereocenters. The summed E-state index contributed by atoms with van der Waals surface area (Å²) in [5.74, 6) is -0.726. The van der Waals surface area contributed by atoms with Gasteiger partial charge < -0.3 is 25.5 Å². The molecule has 0 aliphatic carbocycles. The van der Waals surface area contributed by atoms with E-state index in [0.29, 0.717) is 25.2 Å². The topological polar surface area (TPSA) is 121 Å². The largest absolute Gasteiger partial charge is 0.508 e. The van der Waals surface area contributed by atoms with Crippen LogP contribution in [-0.4, -0.2) is 30.0 Å². The van der Waals surface area contributed by atoms with Crippen LogP contribution in [0.25, 0.3) is 11.0 Å². The zero-order valence-corrected chi connectivity index (χ0v) is 17.2. The maximum atomic E-state index is 12.5. The Morgan fingerprint density at radius 1 is 1.00 bits per heavy atom. The fraction of sp³-hybridized carbons (Fsp3) is 0.261. The molecule has 0 aliphatic heterocycles. The fourth-order valence-electron chi connectivity index (χ4n) is 2.95. The van der Waals surface area contributed by atoms with Crippen molar-refractivity contribution in [2.24, 2.45) is 0 Å². The van der Waals surface area contributed by atoms with Crippen molar-refractivity contribution in [1.29, 1.82) is 0 Å². The van der Waals surface area contributed by atoms with Gasteiger partial charge in [-0.1, -0.05) is 13.3 Å². The molecule has 0 fully saturated rings. The summed E-state index contributed by atoms with van der Waals surface area (Å²) in [5, 5.41) is 18.6. The molecule has 0 saturated carbocycles. The van der Waals surface area contributed by atoms with Crippen molar-refractivity contribution < 1.29 is 19.1 Å². The number of aromatic hydroxyl groups is 1. The second-order valence-electron chi connectivity index (χ2n) is 7.07. The van der Waals surface area contributed by atoms with E-state index in [9.17, 15) is 19.5 Å². The molecular weight excluding hydrogens is 398 g/mol. The number of rotatable bonds is 9.